The van der Waals surface area contributed by atoms with Crippen molar-refractivity contribution in [2.75, 3.05) is 11.9 Å². The third-order valence-corrected chi connectivity index (χ3v) is 10.9. The molecule has 13 nitrogen and oxygen atoms in total. The maximum Gasteiger partial charge on any atom is 0.255 e. The number of fused-ring (bicyclic) bond motifs is 4. The molecule has 0 spiro atoms. The molecule has 1 fully saturated rings. The summed E-state index contributed by atoms with van der Waals surface area (Å²) in [6, 6.07) is 13.4. The Bertz CT molecular complexity index is 2340. The number of amides is 3. The zero-order valence-corrected chi connectivity index (χ0v) is 29.9. The standard InChI is InChI=1S/C38H36N10O3S/c1-22-9-11-25(12-10-22)35-34-23(2)31(52-38(34)48-24(3)42-44-32(48)19-40-35)15-13-26-20-46(45-43-26)18-5-4-17-39-29-8-6-7-27-28(29)21-47(37(27)51)30-14-16-33(49)41-36(30)50/h6-12,20,30,39H,4-5,14,16-19,21H2,1-3H3,(H,41,49,50). The Morgan fingerprint density at radius 2 is 1.85 bits per heavy atom. The zero-order chi connectivity index (χ0) is 35.9. The molecular formula is C38H36N10O3S. The third kappa shape index (κ3) is 6.17. The van der Waals surface area contributed by atoms with Crippen LogP contribution in [0.25, 0.3) is 5.00 Å². The molecule has 0 bridgehead atoms. The van der Waals surface area contributed by atoms with Crippen molar-refractivity contribution in [1.29, 1.82) is 0 Å². The number of benzene rings is 2. The number of thiophene rings is 1. The summed E-state index contributed by atoms with van der Waals surface area (Å²) >= 11 is 1.61. The molecular weight excluding hydrogens is 677 g/mol. The number of aliphatic imine (C=N–C) groups is 1. The van der Waals surface area contributed by atoms with E-state index in [-0.39, 0.29) is 18.2 Å². The van der Waals surface area contributed by atoms with Crippen LogP contribution in [0.2, 0.25) is 0 Å². The van der Waals surface area contributed by atoms with Crippen molar-refractivity contribution in [1.82, 2.24) is 40.0 Å². The molecule has 14 heteroatoms. The molecule has 3 aliphatic heterocycles. The van der Waals surface area contributed by atoms with Crippen molar-refractivity contribution in [2.24, 2.45) is 4.99 Å². The molecule has 3 aromatic heterocycles. The highest BCUT2D eigenvalue weighted by molar-refractivity contribution is 7.15. The fourth-order valence-corrected chi connectivity index (χ4v) is 8.19. The molecule has 6 heterocycles. The first-order valence-corrected chi connectivity index (χ1v) is 18.2. The first-order valence-electron chi connectivity index (χ1n) is 17.3. The SMILES string of the molecule is Cc1ccc(C2=NCc3nnc(C)n3-c3sc(C#Cc4cn(CCCCNc5cccc6c5CN(C5CCC(=O)NC5=O)C6=O)nn4)c(C)c32)cc1. The number of anilines is 1. The fraction of sp³-hybridized carbons (Fsp3) is 0.316. The number of nitrogens with zero attached hydrogens (tertiary/aromatic N) is 8. The molecule has 0 radical (unpaired) electrons. The van der Waals surface area contributed by atoms with Crippen LogP contribution < -0.4 is 10.6 Å². The van der Waals surface area contributed by atoms with Gasteiger partial charge in [0.05, 0.1) is 16.8 Å². The lowest BCUT2D eigenvalue weighted by molar-refractivity contribution is -0.136. The zero-order valence-electron chi connectivity index (χ0n) is 29.1. The summed E-state index contributed by atoms with van der Waals surface area (Å²) in [5.41, 5.74) is 8.25. The van der Waals surface area contributed by atoms with Gasteiger partial charge in [-0.25, -0.2) is 0 Å². The van der Waals surface area contributed by atoms with Crippen LogP contribution >= 0.6 is 11.3 Å². The van der Waals surface area contributed by atoms with Crippen molar-refractivity contribution in [3.05, 3.63) is 104 Å². The summed E-state index contributed by atoms with van der Waals surface area (Å²) < 4.78 is 3.90. The molecule has 1 atom stereocenters. The summed E-state index contributed by atoms with van der Waals surface area (Å²) in [5.74, 6) is 7.32. The Balaban J connectivity index is 0.906. The van der Waals surface area contributed by atoms with Gasteiger partial charge in [0, 0.05) is 54.0 Å². The number of aromatic nitrogens is 6. The van der Waals surface area contributed by atoms with Crippen LogP contribution in [0.15, 0.2) is 53.7 Å². The highest BCUT2D eigenvalue weighted by Crippen LogP contribution is 2.37. The lowest BCUT2D eigenvalue weighted by atomic mass is 9.99. The van der Waals surface area contributed by atoms with Crippen LogP contribution in [0.1, 0.15) is 86.1 Å². The van der Waals surface area contributed by atoms with E-state index >= 15 is 0 Å². The Morgan fingerprint density at radius 3 is 2.67 bits per heavy atom. The van der Waals surface area contributed by atoms with Gasteiger partial charge in [0.15, 0.2) is 11.5 Å². The van der Waals surface area contributed by atoms with Gasteiger partial charge in [0.25, 0.3) is 5.91 Å². The van der Waals surface area contributed by atoms with Crippen molar-refractivity contribution in [3.63, 3.8) is 0 Å². The van der Waals surface area contributed by atoms with E-state index in [4.69, 9.17) is 4.99 Å². The normalized spacial score (nSPS) is 16.4. The van der Waals surface area contributed by atoms with Crippen molar-refractivity contribution < 1.29 is 14.4 Å². The second-order valence-electron chi connectivity index (χ2n) is 13.2. The average Bonchev–Trinajstić information content (AvgIpc) is 3.88. The topological polar surface area (TPSA) is 152 Å². The van der Waals surface area contributed by atoms with Crippen LogP contribution in [0.3, 0.4) is 0 Å². The summed E-state index contributed by atoms with van der Waals surface area (Å²) in [6.07, 6.45) is 4.17. The van der Waals surface area contributed by atoms with Gasteiger partial charge in [-0.15, -0.1) is 26.6 Å². The molecule has 1 unspecified atom stereocenters. The second-order valence-corrected chi connectivity index (χ2v) is 14.2. The van der Waals surface area contributed by atoms with Crippen LogP contribution in [-0.4, -0.2) is 70.7 Å². The summed E-state index contributed by atoms with van der Waals surface area (Å²) in [4.78, 5) is 44.7. The molecule has 0 aliphatic carbocycles. The minimum absolute atomic E-state index is 0.178. The lowest BCUT2D eigenvalue weighted by Gasteiger charge is -2.29. The minimum Gasteiger partial charge on any atom is -0.385 e. The van der Waals surface area contributed by atoms with Gasteiger partial charge in [-0.3, -0.25) is 33.9 Å². The Kier molecular flexibility index (Phi) is 8.72. The third-order valence-electron chi connectivity index (χ3n) is 9.72. The highest BCUT2D eigenvalue weighted by Gasteiger charge is 2.39. The predicted molar refractivity (Wildman–Crippen MR) is 195 cm³/mol. The van der Waals surface area contributed by atoms with Crippen molar-refractivity contribution in [2.45, 2.75) is 72.1 Å². The number of piperidine rings is 1. The molecule has 2 aromatic carbocycles. The molecule has 0 saturated carbocycles. The molecule has 5 aromatic rings. The fourth-order valence-electron chi connectivity index (χ4n) is 6.96. The largest absolute Gasteiger partial charge is 0.385 e. The molecule has 262 valence electrons. The molecule has 2 N–H and O–H groups in total. The van der Waals surface area contributed by atoms with Gasteiger partial charge < -0.3 is 10.2 Å². The summed E-state index contributed by atoms with van der Waals surface area (Å²) in [5, 5.41) is 24.2. The van der Waals surface area contributed by atoms with Gasteiger partial charge >= 0.3 is 0 Å². The highest BCUT2D eigenvalue weighted by atomic mass is 32.1. The van der Waals surface area contributed by atoms with Gasteiger partial charge in [-0.2, -0.15) is 0 Å². The van der Waals surface area contributed by atoms with E-state index in [1.54, 1.807) is 22.3 Å². The van der Waals surface area contributed by atoms with Gasteiger partial charge in [0.2, 0.25) is 11.8 Å². The number of imide groups is 1. The van der Waals surface area contributed by atoms with Crippen LogP contribution in [-0.2, 0) is 29.2 Å². The molecule has 8 rings (SSSR count). The van der Waals surface area contributed by atoms with Crippen LogP contribution in [0, 0.1) is 32.6 Å². The van der Waals surface area contributed by atoms with Gasteiger partial charge in [-0.05, 0) is 69.6 Å². The van der Waals surface area contributed by atoms with E-state index in [9.17, 15) is 14.4 Å². The van der Waals surface area contributed by atoms with Gasteiger partial charge in [-0.1, -0.05) is 41.1 Å². The van der Waals surface area contributed by atoms with E-state index in [1.807, 2.05) is 29.9 Å². The van der Waals surface area contributed by atoms with Gasteiger partial charge in [0.1, 0.15) is 23.4 Å². The number of aryl methyl sites for hydroxylation is 3. The number of rotatable bonds is 8. The van der Waals surface area contributed by atoms with Crippen LogP contribution in [0.4, 0.5) is 5.69 Å². The minimum atomic E-state index is -0.634. The maximum atomic E-state index is 13.1. The second kappa shape index (κ2) is 13.6. The first-order chi connectivity index (χ1) is 25.2. The molecule has 52 heavy (non-hydrogen) atoms. The number of hydrogen-bond acceptors (Lipinski definition) is 10. The van der Waals surface area contributed by atoms with E-state index < -0.39 is 11.9 Å². The smallest absolute Gasteiger partial charge is 0.255 e. The predicted octanol–water partition coefficient (Wildman–Crippen LogP) is 4.25. The van der Waals surface area contributed by atoms with Crippen molar-refractivity contribution in [3.8, 4) is 16.8 Å². The maximum absolute atomic E-state index is 13.1. The van der Waals surface area contributed by atoms with E-state index in [2.05, 4.69) is 85.7 Å². The number of hydrogen-bond donors (Lipinski definition) is 2. The van der Waals surface area contributed by atoms with Crippen molar-refractivity contribution >= 4 is 40.5 Å². The lowest BCUT2D eigenvalue weighted by Crippen LogP contribution is -2.52. The quantitative estimate of drug-likeness (QED) is 0.138. The number of nitrogens with one attached hydrogen (secondary N) is 2. The summed E-state index contributed by atoms with van der Waals surface area (Å²) in [6.45, 7) is 8.30. The monoisotopic (exact) mass is 712 g/mol. The van der Waals surface area contributed by atoms with E-state index in [0.29, 0.717) is 43.9 Å². The Morgan fingerprint density at radius 1 is 1.00 bits per heavy atom. The number of unbranched alkanes of at least 4 members (excludes halogenated alkanes) is 1. The average molecular weight is 713 g/mol. The molecule has 1 saturated heterocycles. The van der Waals surface area contributed by atoms with E-state index in [0.717, 1.165) is 68.0 Å². The Labute approximate surface area is 304 Å². The molecule has 3 aliphatic rings. The molecule has 3 amide bonds. The number of carbonyl (C=O) groups excluding carboxylic acids is 3. The van der Waals surface area contributed by atoms with Crippen LogP contribution in [0.5, 0.6) is 0 Å². The van der Waals surface area contributed by atoms with E-state index in [1.165, 1.54) is 5.56 Å². The first kappa shape index (κ1) is 33.2. The number of carbonyl (C=O) groups is 3. The Hall–Kier alpha value is -5.94. The summed E-state index contributed by atoms with van der Waals surface area (Å²) in [7, 11) is 0.